The molecule has 6 nitrogen and oxygen atoms in total. The Bertz CT molecular complexity index is 1040. The maximum Gasteiger partial charge on any atom is 0.396 e. The van der Waals surface area contributed by atoms with Crippen LogP contribution >= 0.6 is 0 Å². The molecule has 0 spiro atoms. The van der Waals surface area contributed by atoms with Crippen molar-refractivity contribution in [2.45, 2.75) is 0 Å². The second-order valence-electron chi connectivity index (χ2n) is 5.49. The van der Waals surface area contributed by atoms with Crippen LogP contribution in [-0.4, -0.2) is 27.1 Å². The Hall–Kier alpha value is -3.59. The van der Waals surface area contributed by atoms with Crippen molar-refractivity contribution in [2.24, 2.45) is 0 Å². The number of hydrogen-bond donors (Lipinski definition) is 0. The fourth-order valence-corrected chi connectivity index (χ4v) is 3.00. The van der Waals surface area contributed by atoms with Gasteiger partial charge in [-0.1, -0.05) is 24.3 Å². The molecule has 0 N–H and O–H groups in total. The van der Waals surface area contributed by atoms with Crippen molar-refractivity contribution in [1.29, 1.82) is 5.39 Å². The Balaban J connectivity index is 2.36. The number of hydrogen-bond acceptors (Lipinski definition) is 5. The van der Waals surface area contributed by atoms with Crippen molar-refractivity contribution >= 4 is 22.2 Å². The minimum Gasteiger partial charge on any atom is -0.496 e. The summed E-state index contributed by atoms with van der Waals surface area (Å²) < 4.78 is 16.5. The highest BCUT2D eigenvalue weighted by molar-refractivity contribution is 6.17. The van der Waals surface area contributed by atoms with Crippen molar-refractivity contribution in [1.82, 2.24) is 0 Å². The van der Waals surface area contributed by atoms with Gasteiger partial charge in [0.05, 0.1) is 32.3 Å². The summed E-state index contributed by atoms with van der Waals surface area (Å²) in [5.74, 6) is 1.10. The van der Waals surface area contributed by atoms with Gasteiger partial charge in [0.1, 0.15) is 22.8 Å². The van der Waals surface area contributed by atoms with E-state index in [1.54, 1.807) is 43.5 Å². The van der Waals surface area contributed by atoms with Gasteiger partial charge in [-0.05, 0) is 18.2 Å². The largest absolute Gasteiger partial charge is 0.496 e. The lowest BCUT2D eigenvalue weighted by molar-refractivity contribution is 0.103. The molecule has 0 aromatic heterocycles. The number of carbonyl (C=O) groups is 1. The topological polar surface area (TPSA) is 72.9 Å². The smallest absolute Gasteiger partial charge is 0.396 e. The number of ether oxygens (including phenoxy) is 3. The summed E-state index contributed by atoms with van der Waals surface area (Å²) in [7, 11) is 4.58. The van der Waals surface area contributed by atoms with Crippen LogP contribution in [0.2, 0.25) is 0 Å². The Morgan fingerprint density at radius 1 is 0.885 bits per heavy atom. The maximum atomic E-state index is 13.2. The van der Waals surface area contributed by atoms with E-state index in [4.69, 9.17) is 14.2 Å². The van der Waals surface area contributed by atoms with E-state index in [1.165, 1.54) is 14.2 Å². The Kier molecular flexibility index (Phi) is 4.72. The predicted octanol–water partition coefficient (Wildman–Crippen LogP) is 4.58. The molecule has 0 unspecified atom stereocenters. The first kappa shape index (κ1) is 17.2. The molecular formula is C20H17N2O4+. The second kappa shape index (κ2) is 7.11. The minimum atomic E-state index is -0.346. The summed E-state index contributed by atoms with van der Waals surface area (Å²) in [5.41, 5.74) is 0.723. The third-order valence-electron chi connectivity index (χ3n) is 4.18. The molecule has 3 rings (SSSR count). The highest BCUT2D eigenvalue weighted by atomic mass is 16.5. The molecule has 0 fully saturated rings. The summed E-state index contributed by atoms with van der Waals surface area (Å²) >= 11 is 0. The Morgan fingerprint density at radius 2 is 1.62 bits per heavy atom. The fraction of sp³-hybridized carbons (Fsp3) is 0.150. The van der Waals surface area contributed by atoms with Crippen molar-refractivity contribution in [3.05, 3.63) is 64.6 Å². The lowest BCUT2D eigenvalue weighted by Crippen LogP contribution is -2.06. The first-order chi connectivity index (χ1) is 12.7. The molecular weight excluding hydrogens is 332 g/mol. The van der Waals surface area contributed by atoms with E-state index in [0.29, 0.717) is 22.6 Å². The number of fused-ring (bicyclic) bond motifs is 1. The standard InChI is InChI=1S/C20H17N2O4/c1-24-16-10-6-8-13-17(25-2)11-14(20(26-3)18(13)16)19(23)12-7-4-5-9-15(12)22-21/h4-11H,1-3H3/q+1. The van der Waals surface area contributed by atoms with Crippen LogP contribution in [0.4, 0.5) is 5.69 Å². The molecule has 3 aromatic rings. The average Bonchev–Trinajstić information content (AvgIpc) is 2.71. The van der Waals surface area contributed by atoms with E-state index >= 15 is 0 Å². The van der Waals surface area contributed by atoms with Crippen molar-refractivity contribution in [2.75, 3.05) is 21.3 Å². The molecule has 3 aromatic carbocycles. The Labute approximate surface area is 150 Å². The number of diazo groups is 1. The molecule has 0 saturated heterocycles. The van der Waals surface area contributed by atoms with Gasteiger partial charge in [-0.2, -0.15) is 0 Å². The molecule has 0 atom stereocenters. The summed E-state index contributed by atoms with van der Waals surface area (Å²) in [5, 5.41) is 10.6. The SMILES string of the molecule is COc1cc(C(=O)c2ccccc2[N+]#N)c(OC)c2c(OC)cccc12. The van der Waals surface area contributed by atoms with Gasteiger partial charge in [-0.15, -0.1) is 0 Å². The second-order valence-corrected chi connectivity index (χ2v) is 5.49. The molecule has 0 heterocycles. The number of nitrogens with zero attached hydrogens (tertiary/aromatic N) is 2. The molecule has 0 aliphatic rings. The number of carbonyl (C=O) groups excluding carboxylic acids is 1. The zero-order chi connectivity index (χ0) is 18.7. The van der Waals surface area contributed by atoms with E-state index in [-0.39, 0.29) is 22.6 Å². The van der Waals surface area contributed by atoms with Gasteiger partial charge in [0.25, 0.3) is 0 Å². The monoisotopic (exact) mass is 349 g/mol. The molecule has 0 saturated carbocycles. The van der Waals surface area contributed by atoms with Crippen LogP contribution in [0.3, 0.4) is 0 Å². The van der Waals surface area contributed by atoms with Crippen LogP contribution in [0.5, 0.6) is 17.2 Å². The van der Waals surface area contributed by atoms with Gasteiger partial charge < -0.3 is 14.2 Å². The zero-order valence-corrected chi connectivity index (χ0v) is 14.6. The van der Waals surface area contributed by atoms with Gasteiger partial charge in [-0.3, -0.25) is 4.79 Å². The highest BCUT2D eigenvalue weighted by Gasteiger charge is 2.27. The molecule has 0 radical (unpaired) electrons. The van der Waals surface area contributed by atoms with Gasteiger partial charge >= 0.3 is 5.69 Å². The lowest BCUT2D eigenvalue weighted by Gasteiger charge is -2.16. The molecule has 6 heteroatoms. The summed E-state index contributed by atoms with van der Waals surface area (Å²) in [4.78, 5) is 16.4. The molecule has 130 valence electrons. The summed E-state index contributed by atoms with van der Waals surface area (Å²) in [6, 6.07) is 13.6. The van der Waals surface area contributed by atoms with E-state index in [9.17, 15) is 10.2 Å². The highest BCUT2D eigenvalue weighted by Crippen LogP contribution is 2.43. The maximum absolute atomic E-state index is 13.2. The normalized spacial score (nSPS) is 10.2. The molecule has 0 aliphatic heterocycles. The van der Waals surface area contributed by atoms with Gasteiger partial charge in [-0.25, -0.2) is 0 Å². The van der Waals surface area contributed by atoms with E-state index in [0.717, 1.165) is 5.39 Å². The van der Waals surface area contributed by atoms with Crippen LogP contribution in [0, 0.1) is 5.39 Å². The van der Waals surface area contributed by atoms with E-state index < -0.39 is 0 Å². The van der Waals surface area contributed by atoms with Gasteiger partial charge in [0, 0.05) is 11.5 Å². The predicted molar refractivity (Wildman–Crippen MR) is 98.2 cm³/mol. The van der Waals surface area contributed by atoms with E-state index in [1.807, 2.05) is 12.1 Å². The molecule has 0 aliphatic carbocycles. The molecule has 0 bridgehead atoms. The van der Waals surface area contributed by atoms with Crippen LogP contribution < -0.4 is 14.2 Å². The lowest BCUT2D eigenvalue weighted by atomic mass is 9.96. The van der Waals surface area contributed by atoms with Crippen LogP contribution in [0.25, 0.3) is 15.7 Å². The van der Waals surface area contributed by atoms with Crippen LogP contribution in [0.1, 0.15) is 15.9 Å². The average molecular weight is 349 g/mol. The van der Waals surface area contributed by atoms with Crippen molar-refractivity contribution in [3.8, 4) is 17.2 Å². The molecule has 26 heavy (non-hydrogen) atoms. The summed E-state index contributed by atoms with van der Waals surface area (Å²) in [6.07, 6.45) is 0. The third-order valence-corrected chi connectivity index (χ3v) is 4.18. The van der Waals surface area contributed by atoms with Crippen LogP contribution in [-0.2, 0) is 0 Å². The zero-order valence-electron chi connectivity index (χ0n) is 14.6. The molecule has 0 amide bonds. The quantitative estimate of drug-likeness (QED) is 0.498. The Morgan fingerprint density at radius 3 is 2.27 bits per heavy atom. The van der Waals surface area contributed by atoms with Crippen LogP contribution in [0.15, 0.2) is 48.5 Å². The number of ketones is 1. The van der Waals surface area contributed by atoms with Gasteiger partial charge in [0.2, 0.25) is 11.2 Å². The third kappa shape index (κ3) is 2.70. The van der Waals surface area contributed by atoms with Gasteiger partial charge in [0.15, 0.2) is 4.98 Å². The summed E-state index contributed by atoms with van der Waals surface area (Å²) in [6.45, 7) is 0. The minimum absolute atomic E-state index is 0.179. The number of rotatable bonds is 5. The number of methoxy groups -OCH3 is 3. The van der Waals surface area contributed by atoms with Crippen molar-refractivity contribution < 1.29 is 19.0 Å². The first-order valence-electron chi connectivity index (χ1n) is 7.86. The first-order valence-corrected chi connectivity index (χ1v) is 7.86. The fourth-order valence-electron chi connectivity index (χ4n) is 3.00. The van der Waals surface area contributed by atoms with E-state index in [2.05, 4.69) is 4.98 Å². The van der Waals surface area contributed by atoms with Crippen molar-refractivity contribution in [3.63, 3.8) is 0 Å². The number of benzene rings is 3.